The third-order valence-corrected chi connectivity index (χ3v) is 4.42. The number of para-hydroxylation sites is 2. The number of fused-ring (bicyclic) bond motifs is 1. The molecule has 1 saturated carbocycles. The second kappa shape index (κ2) is 4.70. The molecule has 1 N–H and O–H groups in total. The van der Waals surface area contributed by atoms with Crippen LogP contribution in [-0.2, 0) is 0 Å². The van der Waals surface area contributed by atoms with Crippen LogP contribution in [0.4, 0.5) is 0 Å². The number of rotatable bonds is 2. The van der Waals surface area contributed by atoms with Crippen molar-refractivity contribution >= 4 is 22.9 Å². The molecule has 0 bridgehead atoms. The number of oxazole rings is 1. The summed E-state index contributed by atoms with van der Waals surface area (Å²) < 4.78 is 5.66. The first-order valence-electron chi connectivity index (χ1n) is 6.03. The van der Waals surface area contributed by atoms with E-state index in [4.69, 9.17) is 4.42 Å². The number of benzene rings is 1. The maximum absolute atomic E-state index is 9.91. The molecule has 2 atom stereocenters. The Kier molecular flexibility index (Phi) is 3.07. The highest BCUT2D eigenvalue weighted by molar-refractivity contribution is 7.99. The van der Waals surface area contributed by atoms with Gasteiger partial charge in [-0.15, -0.1) is 0 Å². The lowest BCUT2D eigenvalue weighted by Crippen LogP contribution is -2.26. The lowest BCUT2D eigenvalue weighted by molar-refractivity contribution is 0.136. The molecule has 0 saturated heterocycles. The highest BCUT2D eigenvalue weighted by Crippen LogP contribution is 2.34. The van der Waals surface area contributed by atoms with Gasteiger partial charge in [-0.05, 0) is 25.0 Å². The van der Waals surface area contributed by atoms with E-state index in [0.29, 0.717) is 5.22 Å². The molecule has 1 fully saturated rings. The van der Waals surface area contributed by atoms with Gasteiger partial charge in [0.05, 0.1) is 6.10 Å². The van der Waals surface area contributed by atoms with Crippen molar-refractivity contribution < 1.29 is 9.52 Å². The minimum atomic E-state index is -0.219. The van der Waals surface area contributed by atoms with Gasteiger partial charge in [-0.1, -0.05) is 36.7 Å². The van der Waals surface area contributed by atoms with Crippen LogP contribution >= 0.6 is 11.8 Å². The van der Waals surface area contributed by atoms with Crippen LogP contribution in [-0.4, -0.2) is 21.4 Å². The summed E-state index contributed by atoms with van der Waals surface area (Å²) in [5, 5.41) is 10.8. The predicted molar refractivity (Wildman–Crippen MR) is 68.1 cm³/mol. The molecule has 3 rings (SSSR count). The molecule has 0 spiro atoms. The smallest absolute Gasteiger partial charge is 0.257 e. The van der Waals surface area contributed by atoms with Gasteiger partial charge in [0.25, 0.3) is 5.22 Å². The molecule has 1 aliphatic rings. The van der Waals surface area contributed by atoms with Gasteiger partial charge in [0.2, 0.25) is 0 Å². The largest absolute Gasteiger partial charge is 0.431 e. The first-order valence-corrected chi connectivity index (χ1v) is 6.91. The van der Waals surface area contributed by atoms with Crippen LogP contribution in [0.2, 0.25) is 0 Å². The maximum atomic E-state index is 9.91. The number of aliphatic hydroxyl groups is 1. The molecule has 17 heavy (non-hydrogen) atoms. The second-order valence-corrected chi connectivity index (χ2v) is 5.65. The molecule has 1 heterocycles. The summed E-state index contributed by atoms with van der Waals surface area (Å²) in [7, 11) is 0. The van der Waals surface area contributed by atoms with Crippen LogP contribution in [0.3, 0.4) is 0 Å². The first-order chi connectivity index (χ1) is 8.33. The van der Waals surface area contributed by atoms with E-state index >= 15 is 0 Å². The minimum absolute atomic E-state index is 0.219. The minimum Gasteiger partial charge on any atom is -0.431 e. The zero-order valence-electron chi connectivity index (χ0n) is 9.50. The fraction of sp³-hybridized carbons (Fsp3) is 0.462. The molecule has 0 unspecified atom stereocenters. The monoisotopic (exact) mass is 249 g/mol. The van der Waals surface area contributed by atoms with Crippen LogP contribution < -0.4 is 0 Å². The summed E-state index contributed by atoms with van der Waals surface area (Å²) >= 11 is 1.57. The number of aromatic nitrogens is 1. The fourth-order valence-corrected chi connectivity index (χ4v) is 3.37. The van der Waals surface area contributed by atoms with Crippen LogP contribution in [0.15, 0.2) is 33.9 Å². The highest BCUT2D eigenvalue weighted by Gasteiger charge is 2.25. The average molecular weight is 249 g/mol. The normalized spacial score (nSPS) is 25.2. The molecule has 1 aromatic heterocycles. The SMILES string of the molecule is O[C@H]1CCCC[C@@H]1Sc1nc2ccccc2o1. The van der Waals surface area contributed by atoms with E-state index in [1.807, 2.05) is 24.3 Å². The van der Waals surface area contributed by atoms with E-state index in [1.54, 1.807) is 11.8 Å². The number of thioether (sulfide) groups is 1. The van der Waals surface area contributed by atoms with Gasteiger partial charge in [0, 0.05) is 5.25 Å². The van der Waals surface area contributed by atoms with Gasteiger partial charge >= 0.3 is 0 Å². The van der Waals surface area contributed by atoms with Crippen molar-refractivity contribution in [3.8, 4) is 0 Å². The molecule has 90 valence electrons. The van der Waals surface area contributed by atoms with E-state index in [1.165, 1.54) is 6.42 Å². The van der Waals surface area contributed by atoms with Crippen LogP contribution in [0.5, 0.6) is 0 Å². The molecular weight excluding hydrogens is 234 g/mol. The molecule has 1 aromatic carbocycles. The van der Waals surface area contributed by atoms with Gasteiger partial charge in [0.15, 0.2) is 5.58 Å². The molecule has 0 aliphatic heterocycles. The van der Waals surface area contributed by atoms with Crippen molar-refractivity contribution in [2.24, 2.45) is 0 Å². The zero-order chi connectivity index (χ0) is 11.7. The third kappa shape index (κ3) is 2.33. The fourth-order valence-electron chi connectivity index (χ4n) is 2.25. The Balaban J connectivity index is 1.79. The van der Waals surface area contributed by atoms with E-state index in [0.717, 1.165) is 30.4 Å². The number of hydrogen-bond donors (Lipinski definition) is 1. The van der Waals surface area contributed by atoms with Crippen molar-refractivity contribution in [2.45, 2.75) is 42.3 Å². The molecular formula is C13H15NO2S. The van der Waals surface area contributed by atoms with Crippen LogP contribution in [0, 0.1) is 0 Å². The summed E-state index contributed by atoms with van der Waals surface area (Å²) in [6, 6.07) is 7.76. The number of hydrogen-bond acceptors (Lipinski definition) is 4. The summed E-state index contributed by atoms with van der Waals surface area (Å²) in [5.74, 6) is 0. The summed E-state index contributed by atoms with van der Waals surface area (Å²) in [6.07, 6.45) is 4.05. The molecule has 1 aliphatic carbocycles. The Labute approximate surface area is 104 Å². The van der Waals surface area contributed by atoms with Crippen molar-refractivity contribution in [3.05, 3.63) is 24.3 Å². The van der Waals surface area contributed by atoms with Crippen molar-refractivity contribution in [3.63, 3.8) is 0 Å². The van der Waals surface area contributed by atoms with Gasteiger partial charge in [-0.2, -0.15) is 0 Å². The van der Waals surface area contributed by atoms with Crippen molar-refractivity contribution in [1.29, 1.82) is 0 Å². The Morgan fingerprint density at radius 3 is 2.88 bits per heavy atom. The Morgan fingerprint density at radius 2 is 2.06 bits per heavy atom. The molecule has 4 heteroatoms. The predicted octanol–water partition coefficient (Wildman–Crippen LogP) is 3.22. The first kappa shape index (κ1) is 11.1. The standard InChI is InChI=1S/C13H15NO2S/c15-10-6-2-4-8-12(10)17-13-14-9-5-1-3-7-11(9)16-13/h1,3,5,7,10,12,15H,2,4,6,8H2/t10-,12-/m0/s1. The topological polar surface area (TPSA) is 46.3 Å². The van der Waals surface area contributed by atoms with E-state index in [9.17, 15) is 5.11 Å². The number of aliphatic hydroxyl groups excluding tert-OH is 1. The molecule has 0 radical (unpaired) electrons. The van der Waals surface area contributed by atoms with Crippen molar-refractivity contribution in [1.82, 2.24) is 4.98 Å². The molecule has 0 amide bonds. The Hall–Kier alpha value is -1.00. The summed E-state index contributed by atoms with van der Waals surface area (Å²) in [6.45, 7) is 0. The second-order valence-electron chi connectivity index (χ2n) is 4.46. The summed E-state index contributed by atoms with van der Waals surface area (Å²) in [5.41, 5.74) is 1.71. The van der Waals surface area contributed by atoms with Gasteiger partial charge in [-0.3, -0.25) is 0 Å². The van der Waals surface area contributed by atoms with E-state index in [2.05, 4.69) is 4.98 Å². The summed E-state index contributed by atoms with van der Waals surface area (Å²) in [4.78, 5) is 4.43. The quantitative estimate of drug-likeness (QED) is 0.887. The van der Waals surface area contributed by atoms with E-state index in [-0.39, 0.29) is 11.4 Å². The lowest BCUT2D eigenvalue weighted by Gasteiger charge is -2.25. The van der Waals surface area contributed by atoms with Gasteiger partial charge in [-0.25, -0.2) is 4.98 Å². The average Bonchev–Trinajstić information content (AvgIpc) is 2.74. The van der Waals surface area contributed by atoms with Gasteiger partial charge in [0.1, 0.15) is 5.52 Å². The Bertz CT molecular complexity index is 478. The van der Waals surface area contributed by atoms with Gasteiger partial charge < -0.3 is 9.52 Å². The van der Waals surface area contributed by atoms with Crippen molar-refractivity contribution in [2.75, 3.05) is 0 Å². The molecule has 3 nitrogen and oxygen atoms in total. The van der Waals surface area contributed by atoms with Crippen LogP contribution in [0.1, 0.15) is 25.7 Å². The van der Waals surface area contributed by atoms with E-state index < -0.39 is 0 Å². The lowest BCUT2D eigenvalue weighted by atomic mass is 9.97. The Morgan fingerprint density at radius 1 is 1.24 bits per heavy atom. The maximum Gasteiger partial charge on any atom is 0.257 e. The highest BCUT2D eigenvalue weighted by atomic mass is 32.2. The molecule has 2 aromatic rings. The number of nitrogens with zero attached hydrogens (tertiary/aromatic N) is 1. The third-order valence-electron chi connectivity index (χ3n) is 3.19. The van der Waals surface area contributed by atoms with Crippen LogP contribution in [0.25, 0.3) is 11.1 Å². The zero-order valence-corrected chi connectivity index (χ0v) is 10.3.